The van der Waals surface area contributed by atoms with E-state index in [2.05, 4.69) is 24.3 Å². The van der Waals surface area contributed by atoms with Gasteiger partial charge in [0.2, 0.25) is 0 Å². The fourth-order valence-electron chi connectivity index (χ4n) is 3.61. The predicted octanol–water partition coefficient (Wildman–Crippen LogP) is 3.03. The molecular weight excluding hydrogens is 196 g/mol. The van der Waals surface area contributed by atoms with Gasteiger partial charge in [0.15, 0.2) is 0 Å². The first-order chi connectivity index (χ1) is 7.86. The average Bonchev–Trinajstić information content (AvgIpc) is 3.04. The third kappa shape index (κ3) is 1.89. The minimum absolute atomic E-state index is 0.101. The summed E-state index contributed by atoms with van der Waals surface area (Å²) in [5, 5.41) is 10.3. The van der Waals surface area contributed by atoms with Crippen LogP contribution in [-0.2, 0) is 6.42 Å². The van der Waals surface area contributed by atoms with Gasteiger partial charge in [0.1, 0.15) is 0 Å². The van der Waals surface area contributed by atoms with Gasteiger partial charge in [0.25, 0.3) is 0 Å². The van der Waals surface area contributed by atoms with Crippen molar-refractivity contribution < 1.29 is 5.11 Å². The summed E-state index contributed by atoms with van der Waals surface area (Å²) in [5.74, 6) is 2.32. The zero-order valence-corrected chi connectivity index (χ0v) is 9.68. The van der Waals surface area contributed by atoms with Crippen LogP contribution in [0.3, 0.4) is 0 Å². The van der Waals surface area contributed by atoms with Crippen LogP contribution in [-0.4, -0.2) is 11.2 Å². The molecule has 1 aromatic rings. The molecule has 2 fully saturated rings. The summed E-state index contributed by atoms with van der Waals surface area (Å²) in [6, 6.07) is 10.4. The normalized spacial score (nSPS) is 34.2. The maximum atomic E-state index is 10.3. The Balaban J connectivity index is 1.60. The Bertz CT molecular complexity index is 334. The second-order valence-electron chi connectivity index (χ2n) is 5.45. The SMILES string of the molecule is OC(Cc1ccccc1)C1C2CCCCC21. The van der Waals surface area contributed by atoms with Crippen molar-refractivity contribution in [3.8, 4) is 0 Å². The Morgan fingerprint density at radius 1 is 1.06 bits per heavy atom. The minimum Gasteiger partial charge on any atom is -0.392 e. The zero-order valence-electron chi connectivity index (χ0n) is 9.68. The van der Waals surface area contributed by atoms with Gasteiger partial charge in [-0.15, -0.1) is 0 Å². The summed E-state index contributed by atoms with van der Waals surface area (Å²) in [6.07, 6.45) is 6.24. The summed E-state index contributed by atoms with van der Waals surface area (Å²) >= 11 is 0. The van der Waals surface area contributed by atoms with Gasteiger partial charge in [-0.2, -0.15) is 0 Å². The number of fused-ring (bicyclic) bond motifs is 1. The van der Waals surface area contributed by atoms with Crippen molar-refractivity contribution in [3.05, 3.63) is 35.9 Å². The molecule has 0 aromatic heterocycles. The van der Waals surface area contributed by atoms with Crippen LogP contribution in [0.2, 0.25) is 0 Å². The fraction of sp³-hybridized carbons (Fsp3) is 0.600. The molecule has 3 rings (SSSR count). The molecule has 86 valence electrons. The van der Waals surface area contributed by atoms with Crippen molar-refractivity contribution in [2.24, 2.45) is 17.8 Å². The molecule has 3 atom stereocenters. The van der Waals surface area contributed by atoms with Crippen LogP contribution < -0.4 is 0 Å². The van der Waals surface area contributed by atoms with Crippen molar-refractivity contribution in [1.29, 1.82) is 0 Å². The third-order valence-corrected chi connectivity index (χ3v) is 4.45. The van der Waals surface area contributed by atoms with E-state index in [-0.39, 0.29) is 6.10 Å². The molecule has 2 aliphatic carbocycles. The van der Waals surface area contributed by atoms with E-state index in [1.807, 2.05) is 6.07 Å². The second kappa shape index (κ2) is 4.21. The molecule has 0 spiro atoms. The summed E-state index contributed by atoms with van der Waals surface area (Å²) < 4.78 is 0. The lowest BCUT2D eigenvalue weighted by molar-refractivity contribution is 0.140. The minimum atomic E-state index is -0.101. The molecule has 1 heteroatoms. The van der Waals surface area contributed by atoms with Gasteiger partial charge in [0.05, 0.1) is 6.10 Å². The van der Waals surface area contributed by atoms with Gasteiger partial charge in [-0.3, -0.25) is 0 Å². The van der Waals surface area contributed by atoms with Crippen LogP contribution >= 0.6 is 0 Å². The Hall–Kier alpha value is -0.820. The van der Waals surface area contributed by atoms with Gasteiger partial charge in [-0.05, 0) is 42.6 Å². The van der Waals surface area contributed by atoms with Crippen molar-refractivity contribution >= 4 is 0 Å². The largest absolute Gasteiger partial charge is 0.392 e. The van der Waals surface area contributed by atoms with E-state index >= 15 is 0 Å². The highest BCUT2D eigenvalue weighted by Gasteiger charge is 2.53. The number of aliphatic hydroxyl groups is 1. The van der Waals surface area contributed by atoms with Crippen LogP contribution in [0.1, 0.15) is 31.2 Å². The molecule has 1 aromatic carbocycles. The quantitative estimate of drug-likeness (QED) is 0.823. The summed E-state index contributed by atoms with van der Waals surface area (Å²) in [4.78, 5) is 0. The Morgan fingerprint density at radius 3 is 2.31 bits per heavy atom. The number of aliphatic hydroxyl groups excluding tert-OH is 1. The lowest BCUT2D eigenvalue weighted by Gasteiger charge is -2.10. The van der Waals surface area contributed by atoms with Gasteiger partial charge < -0.3 is 5.11 Å². The average molecular weight is 216 g/mol. The van der Waals surface area contributed by atoms with Crippen LogP contribution in [0.4, 0.5) is 0 Å². The third-order valence-electron chi connectivity index (χ3n) is 4.45. The number of benzene rings is 1. The molecule has 3 unspecified atom stereocenters. The summed E-state index contributed by atoms with van der Waals surface area (Å²) in [5.41, 5.74) is 1.28. The first kappa shape index (κ1) is 10.3. The van der Waals surface area contributed by atoms with Crippen molar-refractivity contribution in [2.45, 2.75) is 38.2 Å². The highest BCUT2D eigenvalue weighted by atomic mass is 16.3. The highest BCUT2D eigenvalue weighted by molar-refractivity contribution is 5.17. The molecule has 1 N–H and O–H groups in total. The Labute approximate surface area is 97.5 Å². The molecule has 0 heterocycles. The molecular formula is C15H20O. The second-order valence-corrected chi connectivity index (χ2v) is 5.45. The summed E-state index contributed by atoms with van der Waals surface area (Å²) in [7, 11) is 0. The standard InChI is InChI=1S/C15H20O/c16-14(10-11-6-2-1-3-7-11)15-12-8-4-5-9-13(12)15/h1-3,6-7,12-16H,4-5,8-10H2. The number of hydrogen-bond donors (Lipinski definition) is 1. The van der Waals surface area contributed by atoms with E-state index in [0.29, 0.717) is 5.92 Å². The molecule has 16 heavy (non-hydrogen) atoms. The van der Waals surface area contributed by atoms with Gasteiger partial charge >= 0.3 is 0 Å². The van der Waals surface area contributed by atoms with Crippen LogP contribution in [0.25, 0.3) is 0 Å². The van der Waals surface area contributed by atoms with Gasteiger partial charge in [0, 0.05) is 0 Å². The lowest BCUT2D eigenvalue weighted by atomic mass is 10.0. The van der Waals surface area contributed by atoms with E-state index < -0.39 is 0 Å². The van der Waals surface area contributed by atoms with E-state index in [0.717, 1.165) is 18.3 Å². The number of rotatable bonds is 3. The maximum absolute atomic E-state index is 10.3. The van der Waals surface area contributed by atoms with E-state index in [1.54, 1.807) is 0 Å². The molecule has 0 amide bonds. The molecule has 0 radical (unpaired) electrons. The molecule has 0 bridgehead atoms. The molecule has 0 aliphatic heterocycles. The van der Waals surface area contributed by atoms with Crippen molar-refractivity contribution in [2.75, 3.05) is 0 Å². The first-order valence-electron chi connectivity index (χ1n) is 6.58. The van der Waals surface area contributed by atoms with E-state index in [4.69, 9.17) is 0 Å². The van der Waals surface area contributed by atoms with E-state index in [9.17, 15) is 5.11 Å². The predicted molar refractivity (Wildman–Crippen MR) is 65.1 cm³/mol. The highest BCUT2D eigenvalue weighted by Crippen LogP contribution is 2.57. The molecule has 2 saturated carbocycles. The molecule has 1 nitrogen and oxygen atoms in total. The fourth-order valence-corrected chi connectivity index (χ4v) is 3.61. The smallest absolute Gasteiger partial charge is 0.0614 e. The lowest BCUT2D eigenvalue weighted by Crippen LogP contribution is -2.15. The zero-order chi connectivity index (χ0) is 11.0. The summed E-state index contributed by atoms with van der Waals surface area (Å²) in [6.45, 7) is 0. The van der Waals surface area contributed by atoms with Crippen LogP contribution in [0, 0.1) is 17.8 Å². The topological polar surface area (TPSA) is 20.2 Å². The van der Waals surface area contributed by atoms with Crippen LogP contribution in [0.15, 0.2) is 30.3 Å². The van der Waals surface area contributed by atoms with Crippen molar-refractivity contribution in [3.63, 3.8) is 0 Å². The van der Waals surface area contributed by atoms with Gasteiger partial charge in [-0.1, -0.05) is 43.2 Å². The number of hydrogen-bond acceptors (Lipinski definition) is 1. The Kier molecular flexibility index (Phi) is 2.72. The maximum Gasteiger partial charge on any atom is 0.0614 e. The monoisotopic (exact) mass is 216 g/mol. The van der Waals surface area contributed by atoms with E-state index in [1.165, 1.54) is 31.2 Å². The van der Waals surface area contributed by atoms with Crippen molar-refractivity contribution in [1.82, 2.24) is 0 Å². The van der Waals surface area contributed by atoms with Gasteiger partial charge in [-0.25, -0.2) is 0 Å². The molecule has 2 aliphatic rings. The molecule has 0 saturated heterocycles. The Morgan fingerprint density at radius 2 is 1.69 bits per heavy atom. The van der Waals surface area contributed by atoms with Crippen LogP contribution in [0.5, 0.6) is 0 Å². The first-order valence-corrected chi connectivity index (χ1v) is 6.58.